The number of benzene rings is 2. The van der Waals surface area contributed by atoms with Crippen LogP contribution in [0.15, 0.2) is 79.1 Å². The zero-order valence-electron chi connectivity index (χ0n) is 14.9. The number of esters is 1. The normalized spacial score (nSPS) is 18.4. The molecule has 0 radical (unpaired) electrons. The topological polar surface area (TPSA) is 77.5 Å². The van der Waals surface area contributed by atoms with Gasteiger partial charge in [-0.1, -0.05) is 30.3 Å². The van der Waals surface area contributed by atoms with Crippen molar-refractivity contribution in [2.24, 2.45) is 5.92 Å². The van der Waals surface area contributed by atoms with Gasteiger partial charge in [0.2, 0.25) is 5.91 Å². The summed E-state index contributed by atoms with van der Waals surface area (Å²) in [6.45, 7) is 0. The lowest BCUT2D eigenvalue weighted by molar-refractivity contribution is -0.146. The van der Waals surface area contributed by atoms with E-state index in [-0.39, 0.29) is 12.0 Å². The summed E-state index contributed by atoms with van der Waals surface area (Å²) >= 11 is 0. The van der Waals surface area contributed by atoms with E-state index in [1.165, 1.54) is 0 Å². The van der Waals surface area contributed by atoms with E-state index in [0.717, 1.165) is 5.56 Å². The van der Waals surface area contributed by atoms with E-state index in [2.05, 4.69) is 10.3 Å². The number of hydrogen-bond acceptors (Lipinski definition) is 5. The Morgan fingerprint density at radius 3 is 2.50 bits per heavy atom. The predicted octanol–water partition coefficient (Wildman–Crippen LogP) is 4.12. The maximum absolute atomic E-state index is 12.5. The molecule has 1 fully saturated rings. The van der Waals surface area contributed by atoms with Crippen molar-refractivity contribution in [1.29, 1.82) is 0 Å². The van der Waals surface area contributed by atoms with Crippen molar-refractivity contribution >= 4 is 17.6 Å². The molecule has 28 heavy (non-hydrogen) atoms. The van der Waals surface area contributed by atoms with Gasteiger partial charge in [0, 0.05) is 18.3 Å². The van der Waals surface area contributed by atoms with E-state index >= 15 is 0 Å². The van der Waals surface area contributed by atoms with Crippen LogP contribution >= 0.6 is 0 Å². The summed E-state index contributed by atoms with van der Waals surface area (Å²) in [7, 11) is 0. The highest BCUT2D eigenvalue weighted by Gasteiger charge is 2.40. The molecule has 2 heterocycles. The van der Waals surface area contributed by atoms with Crippen LogP contribution in [0.2, 0.25) is 0 Å². The Kier molecular flexibility index (Phi) is 5.01. The summed E-state index contributed by atoms with van der Waals surface area (Å²) in [5, 5.41) is 2.77. The number of cyclic esters (lactones) is 1. The number of aromatic nitrogens is 1. The van der Waals surface area contributed by atoms with Crippen LogP contribution in [0.4, 0.5) is 5.69 Å². The number of carbonyl (C=O) groups is 2. The van der Waals surface area contributed by atoms with E-state index in [1.807, 2.05) is 30.3 Å². The molecule has 0 spiro atoms. The lowest BCUT2D eigenvalue weighted by Gasteiger charge is -2.10. The fraction of sp³-hybridized carbons (Fsp3) is 0.136. The first-order valence-corrected chi connectivity index (χ1v) is 8.93. The standard InChI is InChI=1S/C22H18N2O4/c25-21(19-13-20(28-22(19)26)15-5-2-1-3-6-15)24-16-8-10-17(11-9-16)27-18-7-4-12-23-14-18/h1-12,14,19-20H,13H2,(H,24,25). The van der Waals surface area contributed by atoms with E-state index in [1.54, 1.807) is 48.8 Å². The molecule has 2 aromatic carbocycles. The van der Waals surface area contributed by atoms with Gasteiger partial charge < -0.3 is 14.8 Å². The van der Waals surface area contributed by atoms with Gasteiger partial charge in [-0.05, 0) is 42.0 Å². The molecule has 1 aliphatic rings. The lowest BCUT2D eigenvalue weighted by Crippen LogP contribution is -2.26. The Balaban J connectivity index is 1.37. The summed E-state index contributed by atoms with van der Waals surface area (Å²) in [5.74, 6) is -0.445. The van der Waals surface area contributed by atoms with Crippen LogP contribution in [0.25, 0.3) is 0 Å². The van der Waals surface area contributed by atoms with Crippen molar-refractivity contribution in [2.45, 2.75) is 12.5 Å². The third kappa shape index (κ3) is 4.01. The molecule has 2 atom stereocenters. The van der Waals surface area contributed by atoms with Gasteiger partial charge in [-0.15, -0.1) is 0 Å². The van der Waals surface area contributed by atoms with E-state index in [4.69, 9.17) is 9.47 Å². The van der Waals surface area contributed by atoms with Gasteiger partial charge in [-0.25, -0.2) is 0 Å². The molecule has 0 aliphatic carbocycles. The SMILES string of the molecule is O=C(Nc1ccc(Oc2cccnc2)cc1)C1CC(c2ccccc2)OC1=O. The minimum atomic E-state index is -0.823. The molecule has 4 rings (SSSR count). The number of amides is 1. The maximum atomic E-state index is 12.5. The second-order valence-corrected chi connectivity index (χ2v) is 6.43. The molecular formula is C22H18N2O4. The van der Waals surface area contributed by atoms with Crippen LogP contribution in [0.1, 0.15) is 18.1 Å². The molecule has 3 aromatic rings. The van der Waals surface area contributed by atoms with Gasteiger partial charge >= 0.3 is 5.97 Å². The largest absolute Gasteiger partial charge is 0.457 e. The van der Waals surface area contributed by atoms with Gasteiger partial charge in [0.05, 0.1) is 6.20 Å². The fourth-order valence-electron chi connectivity index (χ4n) is 3.05. The number of anilines is 1. The van der Waals surface area contributed by atoms with Crippen LogP contribution in [-0.2, 0) is 14.3 Å². The molecular weight excluding hydrogens is 356 g/mol. The highest BCUT2D eigenvalue weighted by molar-refractivity contribution is 6.05. The van der Waals surface area contributed by atoms with E-state index in [0.29, 0.717) is 23.6 Å². The molecule has 1 N–H and O–H groups in total. The molecule has 0 bridgehead atoms. The molecule has 2 unspecified atom stereocenters. The van der Waals surface area contributed by atoms with Crippen LogP contribution in [-0.4, -0.2) is 16.9 Å². The Labute approximate surface area is 162 Å². The number of hydrogen-bond donors (Lipinski definition) is 1. The van der Waals surface area contributed by atoms with Gasteiger partial charge in [0.1, 0.15) is 23.5 Å². The maximum Gasteiger partial charge on any atom is 0.319 e. The third-order valence-corrected chi connectivity index (χ3v) is 4.47. The minimum Gasteiger partial charge on any atom is -0.457 e. The quantitative estimate of drug-likeness (QED) is 0.537. The van der Waals surface area contributed by atoms with Crippen molar-refractivity contribution in [3.05, 3.63) is 84.7 Å². The van der Waals surface area contributed by atoms with Crippen molar-refractivity contribution in [3.8, 4) is 11.5 Å². The monoisotopic (exact) mass is 374 g/mol. The Morgan fingerprint density at radius 1 is 1.00 bits per heavy atom. The van der Waals surface area contributed by atoms with Crippen LogP contribution in [0, 0.1) is 5.92 Å². The number of pyridine rings is 1. The highest BCUT2D eigenvalue weighted by Crippen LogP contribution is 2.34. The van der Waals surface area contributed by atoms with Crippen molar-refractivity contribution in [1.82, 2.24) is 4.98 Å². The van der Waals surface area contributed by atoms with Crippen LogP contribution in [0.3, 0.4) is 0 Å². The minimum absolute atomic E-state index is 0.330. The second kappa shape index (κ2) is 7.92. The molecule has 6 heteroatoms. The van der Waals surface area contributed by atoms with Crippen molar-refractivity contribution in [3.63, 3.8) is 0 Å². The zero-order valence-corrected chi connectivity index (χ0v) is 14.9. The zero-order chi connectivity index (χ0) is 19.3. The Morgan fingerprint density at radius 2 is 1.79 bits per heavy atom. The molecule has 6 nitrogen and oxygen atoms in total. The van der Waals surface area contributed by atoms with Crippen LogP contribution in [0.5, 0.6) is 11.5 Å². The smallest absolute Gasteiger partial charge is 0.319 e. The molecule has 140 valence electrons. The average molecular weight is 374 g/mol. The Hall–Kier alpha value is -3.67. The van der Waals surface area contributed by atoms with Crippen molar-refractivity contribution in [2.75, 3.05) is 5.32 Å². The van der Waals surface area contributed by atoms with Crippen LogP contribution < -0.4 is 10.1 Å². The number of nitrogens with one attached hydrogen (secondary N) is 1. The number of nitrogens with zero attached hydrogens (tertiary/aromatic N) is 1. The average Bonchev–Trinajstić information content (AvgIpc) is 3.13. The van der Waals surface area contributed by atoms with Gasteiger partial charge in [-0.3, -0.25) is 14.6 Å². The first-order chi connectivity index (χ1) is 13.7. The third-order valence-electron chi connectivity index (χ3n) is 4.47. The summed E-state index contributed by atoms with van der Waals surface area (Å²) in [6.07, 6.45) is 3.23. The van der Waals surface area contributed by atoms with E-state index < -0.39 is 11.9 Å². The lowest BCUT2D eigenvalue weighted by atomic mass is 9.99. The summed E-state index contributed by atoms with van der Waals surface area (Å²) in [5.41, 5.74) is 1.47. The van der Waals surface area contributed by atoms with Crippen molar-refractivity contribution < 1.29 is 19.1 Å². The fourth-order valence-corrected chi connectivity index (χ4v) is 3.05. The van der Waals surface area contributed by atoms with Gasteiger partial charge in [0.25, 0.3) is 0 Å². The highest BCUT2D eigenvalue weighted by atomic mass is 16.6. The summed E-state index contributed by atoms with van der Waals surface area (Å²) in [4.78, 5) is 28.7. The predicted molar refractivity (Wildman–Crippen MR) is 103 cm³/mol. The van der Waals surface area contributed by atoms with Gasteiger partial charge in [0.15, 0.2) is 0 Å². The molecule has 1 aromatic heterocycles. The number of rotatable bonds is 5. The molecule has 1 amide bonds. The molecule has 1 saturated heterocycles. The number of carbonyl (C=O) groups excluding carboxylic acids is 2. The molecule has 0 saturated carbocycles. The number of ether oxygens (including phenoxy) is 2. The molecule has 1 aliphatic heterocycles. The first kappa shape index (κ1) is 17.7. The van der Waals surface area contributed by atoms with E-state index in [9.17, 15) is 9.59 Å². The van der Waals surface area contributed by atoms with Gasteiger partial charge in [-0.2, -0.15) is 0 Å². The summed E-state index contributed by atoms with van der Waals surface area (Å²) < 4.78 is 11.0. The summed E-state index contributed by atoms with van der Waals surface area (Å²) in [6, 6.07) is 19.9. The second-order valence-electron chi connectivity index (χ2n) is 6.43. The Bertz CT molecular complexity index is 959. The first-order valence-electron chi connectivity index (χ1n) is 8.93.